The van der Waals surface area contributed by atoms with Gasteiger partial charge in [-0.15, -0.1) is 0 Å². The highest BCUT2D eigenvalue weighted by Gasteiger charge is 2.39. The number of hydrogen-bond acceptors (Lipinski definition) is 5. The topological polar surface area (TPSA) is 68.5 Å². The molecule has 1 aromatic carbocycles. The number of aromatic nitrogens is 2. The third-order valence-corrected chi connectivity index (χ3v) is 4.97. The Balaban J connectivity index is 1.77. The minimum atomic E-state index is 0.00829. The Morgan fingerprint density at radius 2 is 1.96 bits per heavy atom. The Hall–Kier alpha value is -2.21. The van der Waals surface area contributed by atoms with E-state index >= 15 is 0 Å². The molecule has 1 aliphatic heterocycles. The van der Waals surface area contributed by atoms with E-state index in [1.807, 2.05) is 29.2 Å². The number of hydrogen-bond donors (Lipinski definition) is 0. The number of rotatable bonds is 4. The van der Waals surface area contributed by atoms with Crippen molar-refractivity contribution in [1.82, 2.24) is 15.0 Å². The monoisotopic (exact) mass is 357 g/mol. The Morgan fingerprint density at radius 1 is 1.27 bits per heavy atom. The molecule has 3 rings (SSSR count). The zero-order valence-corrected chi connectivity index (χ0v) is 16.2. The van der Waals surface area contributed by atoms with Crippen LogP contribution in [0, 0.1) is 12.8 Å². The third kappa shape index (κ3) is 3.80. The van der Waals surface area contributed by atoms with Crippen molar-refractivity contribution < 1.29 is 14.1 Å². The van der Waals surface area contributed by atoms with Crippen molar-refractivity contribution >= 4 is 5.91 Å². The van der Waals surface area contributed by atoms with Crippen LogP contribution < -0.4 is 0 Å². The lowest BCUT2D eigenvalue weighted by Crippen LogP contribution is -2.29. The van der Waals surface area contributed by atoms with Crippen LogP contribution in [0.5, 0.6) is 0 Å². The van der Waals surface area contributed by atoms with Crippen LogP contribution in [-0.2, 0) is 10.2 Å². The van der Waals surface area contributed by atoms with Crippen LogP contribution in [0.3, 0.4) is 0 Å². The Bertz CT molecular complexity index is 761. The smallest absolute Gasteiger partial charge is 0.253 e. The Labute approximate surface area is 154 Å². The first kappa shape index (κ1) is 18.6. The van der Waals surface area contributed by atoms with Crippen molar-refractivity contribution in [3.05, 3.63) is 47.1 Å². The highest BCUT2D eigenvalue weighted by Crippen LogP contribution is 2.33. The lowest BCUT2D eigenvalue weighted by atomic mass is 9.86. The second-order valence-electron chi connectivity index (χ2n) is 8.04. The van der Waals surface area contributed by atoms with Crippen molar-refractivity contribution in [2.45, 2.75) is 39.0 Å². The summed E-state index contributed by atoms with van der Waals surface area (Å²) < 4.78 is 10.7. The average Bonchev–Trinajstić information content (AvgIpc) is 3.20. The van der Waals surface area contributed by atoms with E-state index in [0.29, 0.717) is 37.0 Å². The van der Waals surface area contributed by atoms with E-state index in [9.17, 15) is 4.79 Å². The second kappa shape index (κ2) is 7.19. The minimum absolute atomic E-state index is 0.00829. The number of carbonyl (C=O) groups excluding carboxylic acids is 1. The van der Waals surface area contributed by atoms with Crippen molar-refractivity contribution in [1.29, 1.82) is 0 Å². The van der Waals surface area contributed by atoms with E-state index in [1.54, 1.807) is 14.0 Å². The summed E-state index contributed by atoms with van der Waals surface area (Å²) in [4.78, 5) is 19.2. The summed E-state index contributed by atoms with van der Waals surface area (Å²) in [6, 6.07) is 7.90. The van der Waals surface area contributed by atoms with Gasteiger partial charge in [-0.3, -0.25) is 4.79 Å². The van der Waals surface area contributed by atoms with Crippen LogP contribution in [0.1, 0.15) is 54.3 Å². The average molecular weight is 357 g/mol. The Kier molecular flexibility index (Phi) is 5.14. The fraction of sp³-hybridized carbons (Fsp3) is 0.550. The van der Waals surface area contributed by atoms with E-state index < -0.39 is 0 Å². The van der Waals surface area contributed by atoms with Gasteiger partial charge in [-0.25, -0.2) is 0 Å². The first-order chi connectivity index (χ1) is 12.3. The number of likely N-dealkylation sites (tertiary alicyclic amines) is 1. The van der Waals surface area contributed by atoms with E-state index in [2.05, 4.69) is 30.9 Å². The molecular formula is C20H27N3O3. The van der Waals surface area contributed by atoms with Gasteiger partial charge in [0.2, 0.25) is 5.89 Å². The van der Waals surface area contributed by atoms with Crippen LogP contribution in [0.4, 0.5) is 0 Å². The van der Waals surface area contributed by atoms with Crippen molar-refractivity contribution in [3.8, 4) is 0 Å². The fourth-order valence-corrected chi connectivity index (χ4v) is 3.46. The molecule has 140 valence electrons. The number of ether oxygens (including phenoxy) is 1. The van der Waals surface area contributed by atoms with E-state index in [-0.39, 0.29) is 23.2 Å². The maximum Gasteiger partial charge on any atom is 0.253 e. The molecule has 0 aliphatic carbocycles. The molecule has 0 spiro atoms. The predicted octanol–water partition coefficient (Wildman–Crippen LogP) is 3.18. The molecule has 1 amide bonds. The molecule has 1 saturated heterocycles. The molecule has 6 nitrogen and oxygen atoms in total. The lowest BCUT2D eigenvalue weighted by molar-refractivity contribution is 0.0775. The molecule has 0 radical (unpaired) electrons. The summed E-state index contributed by atoms with van der Waals surface area (Å²) >= 11 is 0. The molecule has 1 fully saturated rings. The van der Waals surface area contributed by atoms with Crippen LogP contribution in [-0.4, -0.2) is 47.8 Å². The van der Waals surface area contributed by atoms with Crippen LogP contribution >= 0.6 is 0 Å². The SMILES string of the molecule is COC[C@@H]1CN(C(=O)c2ccc(C(C)(C)C)cc2)C[C@H]1c1nc(C)no1. The van der Waals surface area contributed by atoms with Gasteiger partial charge in [0.15, 0.2) is 5.82 Å². The highest BCUT2D eigenvalue weighted by atomic mass is 16.5. The maximum absolute atomic E-state index is 13.0. The van der Waals surface area contributed by atoms with Gasteiger partial charge in [0.05, 0.1) is 12.5 Å². The number of aryl methyl sites for hydroxylation is 1. The number of nitrogens with zero attached hydrogens (tertiary/aromatic N) is 3. The first-order valence-electron chi connectivity index (χ1n) is 8.98. The van der Waals surface area contributed by atoms with Gasteiger partial charge in [-0.05, 0) is 30.0 Å². The van der Waals surface area contributed by atoms with Gasteiger partial charge in [0, 0.05) is 31.7 Å². The number of amides is 1. The molecule has 1 aliphatic rings. The standard InChI is InChI=1S/C20H27N3O3/c1-13-21-18(26-22-13)17-11-23(10-15(17)12-25-5)19(24)14-6-8-16(9-7-14)20(2,3)4/h6-9,15,17H,10-12H2,1-5H3/t15-,17+/m0/s1. The zero-order chi connectivity index (χ0) is 18.9. The zero-order valence-electron chi connectivity index (χ0n) is 16.2. The summed E-state index contributed by atoms with van der Waals surface area (Å²) in [6.07, 6.45) is 0. The summed E-state index contributed by atoms with van der Waals surface area (Å²) in [5, 5.41) is 3.89. The van der Waals surface area contributed by atoms with Crippen molar-refractivity contribution in [2.24, 2.45) is 5.92 Å². The molecule has 0 saturated carbocycles. The van der Waals surface area contributed by atoms with Gasteiger partial charge in [0.25, 0.3) is 5.91 Å². The fourth-order valence-electron chi connectivity index (χ4n) is 3.46. The van der Waals surface area contributed by atoms with Crippen LogP contribution in [0.25, 0.3) is 0 Å². The quantitative estimate of drug-likeness (QED) is 0.841. The molecule has 2 atom stereocenters. The summed E-state index contributed by atoms with van der Waals surface area (Å²) in [5.41, 5.74) is 1.99. The normalized spacial score (nSPS) is 20.6. The molecule has 26 heavy (non-hydrogen) atoms. The van der Waals surface area contributed by atoms with E-state index in [0.717, 1.165) is 0 Å². The number of carbonyl (C=O) groups is 1. The van der Waals surface area contributed by atoms with Crippen LogP contribution in [0.2, 0.25) is 0 Å². The van der Waals surface area contributed by atoms with Gasteiger partial charge in [-0.1, -0.05) is 38.1 Å². The summed E-state index contributed by atoms with van der Waals surface area (Å²) in [5.74, 6) is 1.39. The second-order valence-corrected chi connectivity index (χ2v) is 8.04. The molecule has 2 aromatic rings. The highest BCUT2D eigenvalue weighted by molar-refractivity contribution is 5.94. The first-order valence-corrected chi connectivity index (χ1v) is 8.98. The van der Waals surface area contributed by atoms with Gasteiger partial charge in [-0.2, -0.15) is 4.98 Å². The molecule has 0 unspecified atom stereocenters. The van der Waals surface area contributed by atoms with Gasteiger partial charge in [0.1, 0.15) is 0 Å². The molecule has 2 heterocycles. The van der Waals surface area contributed by atoms with Gasteiger partial charge < -0.3 is 14.2 Å². The molecule has 6 heteroatoms. The van der Waals surface area contributed by atoms with Crippen molar-refractivity contribution in [2.75, 3.05) is 26.8 Å². The Morgan fingerprint density at radius 3 is 2.50 bits per heavy atom. The van der Waals surface area contributed by atoms with E-state index in [4.69, 9.17) is 9.26 Å². The maximum atomic E-state index is 13.0. The van der Waals surface area contributed by atoms with Gasteiger partial charge >= 0.3 is 0 Å². The van der Waals surface area contributed by atoms with Crippen LogP contribution in [0.15, 0.2) is 28.8 Å². The molecular weight excluding hydrogens is 330 g/mol. The number of methoxy groups -OCH3 is 1. The van der Waals surface area contributed by atoms with Crippen molar-refractivity contribution in [3.63, 3.8) is 0 Å². The molecule has 1 aromatic heterocycles. The van der Waals surface area contributed by atoms with E-state index in [1.165, 1.54) is 5.56 Å². The molecule has 0 N–H and O–H groups in total. The summed E-state index contributed by atoms with van der Waals surface area (Å²) in [6.45, 7) is 10.0. The molecule has 0 bridgehead atoms. The summed E-state index contributed by atoms with van der Waals surface area (Å²) in [7, 11) is 1.67. The minimum Gasteiger partial charge on any atom is -0.384 e. The lowest BCUT2D eigenvalue weighted by Gasteiger charge is -2.20. The largest absolute Gasteiger partial charge is 0.384 e. The predicted molar refractivity (Wildman–Crippen MR) is 98.2 cm³/mol. The third-order valence-electron chi connectivity index (χ3n) is 4.97. The number of benzene rings is 1.